The number of hydrogen-bond acceptors (Lipinski definition) is 3. The van der Waals surface area contributed by atoms with Crippen LogP contribution in [-0.2, 0) is 17.8 Å². The van der Waals surface area contributed by atoms with E-state index in [-0.39, 0.29) is 5.91 Å². The summed E-state index contributed by atoms with van der Waals surface area (Å²) in [5.41, 5.74) is 7.72. The molecule has 0 bridgehead atoms. The number of carbonyl (C=O) groups is 1. The van der Waals surface area contributed by atoms with E-state index < -0.39 is 0 Å². The first-order valence-electron chi connectivity index (χ1n) is 7.37. The van der Waals surface area contributed by atoms with E-state index in [9.17, 15) is 4.79 Å². The second-order valence-electron chi connectivity index (χ2n) is 5.11. The fraction of sp³-hybridized carbons (Fsp3) is 0.278. The molecule has 0 aromatic heterocycles. The average molecular weight is 298 g/mol. The molecule has 0 unspecified atom stereocenters. The van der Waals surface area contributed by atoms with Gasteiger partial charge in [0.15, 0.2) is 0 Å². The van der Waals surface area contributed by atoms with Crippen LogP contribution < -0.4 is 10.5 Å². The third-order valence-corrected chi connectivity index (χ3v) is 3.48. The number of methoxy groups -OCH3 is 1. The van der Waals surface area contributed by atoms with E-state index in [0.717, 1.165) is 16.9 Å². The summed E-state index contributed by atoms with van der Waals surface area (Å²) in [5.74, 6) is 0.874. The molecule has 0 fully saturated rings. The van der Waals surface area contributed by atoms with Gasteiger partial charge in [0.05, 0.1) is 13.5 Å². The van der Waals surface area contributed by atoms with Crippen LogP contribution in [0.3, 0.4) is 0 Å². The molecule has 0 aliphatic heterocycles. The fourth-order valence-electron chi connectivity index (χ4n) is 2.28. The molecule has 4 heteroatoms. The molecule has 2 aromatic carbocycles. The van der Waals surface area contributed by atoms with Crippen LogP contribution in [0.15, 0.2) is 54.6 Å². The van der Waals surface area contributed by atoms with Gasteiger partial charge >= 0.3 is 0 Å². The molecule has 0 aliphatic carbocycles. The van der Waals surface area contributed by atoms with Gasteiger partial charge in [0.25, 0.3) is 0 Å². The number of benzene rings is 2. The number of nitrogens with zero attached hydrogens (tertiary/aromatic N) is 1. The van der Waals surface area contributed by atoms with Crippen molar-refractivity contribution < 1.29 is 9.53 Å². The number of carbonyl (C=O) groups excluding carboxylic acids is 1. The standard InChI is InChI=1S/C18H22N2O2/c1-22-17-9-7-15(8-10-17)13-18(21)20(12-11-19)14-16-5-3-2-4-6-16/h2-10H,11-14,19H2,1H3. The van der Waals surface area contributed by atoms with E-state index in [1.165, 1.54) is 0 Å². The van der Waals surface area contributed by atoms with Crippen molar-refractivity contribution in [2.24, 2.45) is 5.73 Å². The highest BCUT2D eigenvalue weighted by molar-refractivity contribution is 5.78. The van der Waals surface area contributed by atoms with Gasteiger partial charge in [-0.1, -0.05) is 42.5 Å². The lowest BCUT2D eigenvalue weighted by atomic mass is 10.1. The zero-order valence-electron chi connectivity index (χ0n) is 12.9. The van der Waals surface area contributed by atoms with Gasteiger partial charge in [-0.2, -0.15) is 0 Å². The van der Waals surface area contributed by atoms with E-state index in [2.05, 4.69) is 0 Å². The molecule has 22 heavy (non-hydrogen) atoms. The van der Waals surface area contributed by atoms with Gasteiger partial charge in [0.2, 0.25) is 5.91 Å². The summed E-state index contributed by atoms with van der Waals surface area (Å²) in [6.45, 7) is 1.61. The summed E-state index contributed by atoms with van der Waals surface area (Å²) in [4.78, 5) is 14.3. The molecule has 0 aliphatic rings. The lowest BCUT2D eigenvalue weighted by Gasteiger charge is -2.22. The summed E-state index contributed by atoms with van der Waals surface area (Å²) in [6, 6.07) is 17.5. The molecular weight excluding hydrogens is 276 g/mol. The maximum absolute atomic E-state index is 12.5. The van der Waals surface area contributed by atoms with Crippen molar-refractivity contribution in [3.05, 3.63) is 65.7 Å². The fourth-order valence-corrected chi connectivity index (χ4v) is 2.28. The monoisotopic (exact) mass is 298 g/mol. The molecule has 2 rings (SSSR count). The Hall–Kier alpha value is -2.33. The summed E-state index contributed by atoms with van der Waals surface area (Å²) in [5, 5.41) is 0. The Kier molecular flexibility index (Phi) is 5.98. The molecule has 0 spiro atoms. The molecule has 0 heterocycles. The van der Waals surface area contributed by atoms with Gasteiger partial charge in [-0.05, 0) is 23.3 Å². The number of nitrogens with two attached hydrogens (primary N) is 1. The van der Waals surface area contributed by atoms with Gasteiger partial charge in [0, 0.05) is 19.6 Å². The van der Waals surface area contributed by atoms with Gasteiger partial charge in [-0.3, -0.25) is 4.79 Å². The summed E-state index contributed by atoms with van der Waals surface area (Å²) >= 11 is 0. The Labute approximate surface area is 131 Å². The van der Waals surface area contributed by atoms with Gasteiger partial charge in [-0.25, -0.2) is 0 Å². The van der Waals surface area contributed by atoms with Crippen molar-refractivity contribution in [3.8, 4) is 5.75 Å². The molecule has 4 nitrogen and oxygen atoms in total. The van der Waals surface area contributed by atoms with Crippen LogP contribution in [0.4, 0.5) is 0 Å². The molecule has 2 N–H and O–H groups in total. The molecule has 2 aromatic rings. The van der Waals surface area contributed by atoms with Crippen molar-refractivity contribution in [1.29, 1.82) is 0 Å². The van der Waals surface area contributed by atoms with Crippen molar-refractivity contribution in [1.82, 2.24) is 4.90 Å². The Balaban J connectivity index is 2.02. The molecule has 0 atom stereocenters. The Morgan fingerprint density at radius 2 is 1.73 bits per heavy atom. The SMILES string of the molecule is COc1ccc(CC(=O)N(CCN)Cc2ccccc2)cc1. The Bertz CT molecular complexity index is 582. The van der Waals surface area contributed by atoms with Crippen LogP contribution in [-0.4, -0.2) is 31.0 Å². The third-order valence-electron chi connectivity index (χ3n) is 3.48. The largest absolute Gasteiger partial charge is 0.497 e. The molecule has 116 valence electrons. The Morgan fingerprint density at radius 3 is 2.32 bits per heavy atom. The second kappa shape index (κ2) is 8.20. The molecule has 0 saturated heterocycles. The van der Waals surface area contributed by atoms with Gasteiger partial charge in [-0.15, -0.1) is 0 Å². The van der Waals surface area contributed by atoms with Gasteiger partial charge < -0.3 is 15.4 Å². The lowest BCUT2D eigenvalue weighted by Crippen LogP contribution is -2.35. The normalized spacial score (nSPS) is 10.3. The maximum Gasteiger partial charge on any atom is 0.227 e. The molecular formula is C18H22N2O2. The summed E-state index contributed by atoms with van der Waals surface area (Å²) in [7, 11) is 1.63. The van der Waals surface area contributed by atoms with Crippen molar-refractivity contribution in [2.75, 3.05) is 20.2 Å². The first-order valence-corrected chi connectivity index (χ1v) is 7.37. The zero-order valence-corrected chi connectivity index (χ0v) is 12.9. The van der Waals surface area contributed by atoms with Crippen molar-refractivity contribution in [2.45, 2.75) is 13.0 Å². The third kappa shape index (κ3) is 4.60. The first-order chi connectivity index (χ1) is 10.7. The summed E-state index contributed by atoms with van der Waals surface area (Å²) < 4.78 is 5.13. The average Bonchev–Trinajstić information content (AvgIpc) is 2.56. The number of ether oxygens (including phenoxy) is 1. The minimum Gasteiger partial charge on any atom is -0.497 e. The van der Waals surface area contributed by atoms with Gasteiger partial charge in [0.1, 0.15) is 5.75 Å². The minimum absolute atomic E-state index is 0.0828. The number of amides is 1. The smallest absolute Gasteiger partial charge is 0.227 e. The van der Waals surface area contributed by atoms with Crippen LogP contribution in [0, 0.1) is 0 Å². The predicted molar refractivity (Wildman–Crippen MR) is 87.6 cm³/mol. The number of rotatable bonds is 7. The Morgan fingerprint density at radius 1 is 1.05 bits per heavy atom. The molecule has 0 saturated carbocycles. The van der Waals surface area contributed by atoms with Crippen molar-refractivity contribution >= 4 is 5.91 Å². The van der Waals surface area contributed by atoms with E-state index in [1.54, 1.807) is 12.0 Å². The summed E-state index contributed by atoms with van der Waals surface area (Å²) in [6.07, 6.45) is 0.372. The second-order valence-corrected chi connectivity index (χ2v) is 5.11. The topological polar surface area (TPSA) is 55.6 Å². The van der Waals surface area contributed by atoms with Crippen LogP contribution in [0.5, 0.6) is 5.75 Å². The van der Waals surface area contributed by atoms with Crippen LogP contribution >= 0.6 is 0 Å². The molecule has 0 radical (unpaired) electrons. The van der Waals surface area contributed by atoms with E-state index in [0.29, 0.717) is 26.1 Å². The van der Waals surface area contributed by atoms with Crippen LogP contribution in [0.1, 0.15) is 11.1 Å². The van der Waals surface area contributed by atoms with Crippen LogP contribution in [0.25, 0.3) is 0 Å². The predicted octanol–water partition coefficient (Wildman–Crippen LogP) is 2.23. The van der Waals surface area contributed by atoms with Crippen molar-refractivity contribution in [3.63, 3.8) is 0 Å². The minimum atomic E-state index is 0.0828. The lowest BCUT2D eigenvalue weighted by molar-refractivity contribution is -0.131. The number of hydrogen-bond donors (Lipinski definition) is 1. The quantitative estimate of drug-likeness (QED) is 0.853. The molecule has 1 amide bonds. The highest BCUT2D eigenvalue weighted by atomic mass is 16.5. The van der Waals surface area contributed by atoms with E-state index in [4.69, 9.17) is 10.5 Å². The highest BCUT2D eigenvalue weighted by Gasteiger charge is 2.14. The zero-order chi connectivity index (χ0) is 15.8. The van der Waals surface area contributed by atoms with E-state index >= 15 is 0 Å². The van der Waals surface area contributed by atoms with E-state index in [1.807, 2.05) is 54.6 Å². The maximum atomic E-state index is 12.5. The first kappa shape index (κ1) is 16.0. The van der Waals surface area contributed by atoms with Crippen LogP contribution in [0.2, 0.25) is 0 Å². The highest BCUT2D eigenvalue weighted by Crippen LogP contribution is 2.13.